The monoisotopic (exact) mass is 446 g/mol. The molecular weight excluding hydrogens is 428 g/mol. The van der Waals surface area contributed by atoms with E-state index in [0.717, 1.165) is 21.3 Å². The van der Waals surface area contributed by atoms with Crippen LogP contribution in [0.4, 0.5) is 0 Å². The Kier molecular flexibility index (Phi) is 5.53. The third kappa shape index (κ3) is 4.27. The van der Waals surface area contributed by atoms with Crippen LogP contribution < -0.4 is 0 Å². The van der Waals surface area contributed by atoms with Crippen LogP contribution in [-0.2, 0) is 6.54 Å². The van der Waals surface area contributed by atoms with E-state index in [-0.39, 0.29) is 5.91 Å². The summed E-state index contributed by atoms with van der Waals surface area (Å²) in [6, 6.07) is 21.5. The van der Waals surface area contributed by atoms with Crippen LogP contribution in [0.3, 0.4) is 0 Å². The summed E-state index contributed by atoms with van der Waals surface area (Å²) in [5, 5.41) is 4.70. The first-order valence-electron chi connectivity index (χ1n) is 9.17. The summed E-state index contributed by atoms with van der Waals surface area (Å²) in [5.41, 5.74) is 3.92. The normalized spacial score (nSPS) is 10.7. The minimum atomic E-state index is -0.0889. The van der Waals surface area contributed by atoms with Gasteiger partial charge in [0, 0.05) is 42.2 Å². The van der Waals surface area contributed by atoms with Gasteiger partial charge in [0.25, 0.3) is 5.91 Å². The fourth-order valence-corrected chi connectivity index (χ4v) is 3.36. The van der Waals surface area contributed by atoms with Gasteiger partial charge in [-0.15, -0.1) is 0 Å². The molecule has 0 aliphatic carbocycles. The Bertz CT molecular complexity index is 1110. The molecule has 6 heteroatoms. The van der Waals surface area contributed by atoms with E-state index < -0.39 is 0 Å². The smallest absolute Gasteiger partial charge is 0.257 e. The van der Waals surface area contributed by atoms with Gasteiger partial charge in [0.1, 0.15) is 5.69 Å². The summed E-state index contributed by atoms with van der Waals surface area (Å²) >= 11 is 3.44. The molecule has 0 aliphatic heterocycles. The second kappa shape index (κ2) is 8.41. The molecule has 29 heavy (non-hydrogen) atoms. The number of carbonyl (C=O) groups is 1. The van der Waals surface area contributed by atoms with E-state index in [1.54, 1.807) is 35.2 Å². The summed E-state index contributed by atoms with van der Waals surface area (Å²) in [6.07, 6.45) is 5.22. The van der Waals surface area contributed by atoms with Gasteiger partial charge in [-0.05, 0) is 42.0 Å². The zero-order valence-electron chi connectivity index (χ0n) is 15.9. The molecule has 1 amide bonds. The average molecular weight is 447 g/mol. The fourth-order valence-electron chi connectivity index (χ4n) is 3.10. The first-order chi connectivity index (χ1) is 14.1. The van der Waals surface area contributed by atoms with Crippen molar-refractivity contribution in [1.82, 2.24) is 19.7 Å². The number of nitrogens with zero attached hydrogens (tertiary/aromatic N) is 4. The summed E-state index contributed by atoms with van der Waals surface area (Å²) in [5.74, 6) is -0.0889. The molecule has 0 saturated heterocycles. The van der Waals surface area contributed by atoms with Gasteiger partial charge in [0.2, 0.25) is 0 Å². The van der Waals surface area contributed by atoms with Crippen molar-refractivity contribution in [2.24, 2.45) is 0 Å². The first kappa shape index (κ1) is 19.1. The van der Waals surface area contributed by atoms with E-state index >= 15 is 0 Å². The van der Waals surface area contributed by atoms with Crippen LogP contribution in [0.15, 0.2) is 89.8 Å². The summed E-state index contributed by atoms with van der Waals surface area (Å²) in [7, 11) is 1.80. The summed E-state index contributed by atoms with van der Waals surface area (Å²) < 4.78 is 2.75. The Labute approximate surface area is 177 Å². The molecule has 0 spiro atoms. The largest absolute Gasteiger partial charge is 0.337 e. The number of amides is 1. The van der Waals surface area contributed by atoms with Crippen molar-refractivity contribution < 1.29 is 4.79 Å². The van der Waals surface area contributed by atoms with Crippen LogP contribution in [0.2, 0.25) is 0 Å². The van der Waals surface area contributed by atoms with Gasteiger partial charge >= 0.3 is 0 Å². The maximum Gasteiger partial charge on any atom is 0.257 e. The number of halogens is 1. The second-order valence-electron chi connectivity index (χ2n) is 6.70. The molecule has 0 bridgehead atoms. The Morgan fingerprint density at radius 2 is 1.79 bits per heavy atom. The van der Waals surface area contributed by atoms with E-state index in [1.165, 1.54) is 0 Å². The van der Waals surface area contributed by atoms with E-state index in [9.17, 15) is 4.79 Å². The Balaban J connectivity index is 1.70. The van der Waals surface area contributed by atoms with Crippen molar-refractivity contribution in [3.8, 4) is 16.9 Å². The molecule has 0 N–H and O–H groups in total. The van der Waals surface area contributed by atoms with Crippen molar-refractivity contribution >= 4 is 21.8 Å². The highest BCUT2D eigenvalue weighted by Gasteiger charge is 2.22. The zero-order valence-corrected chi connectivity index (χ0v) is 17.5. The van der Waals surface area contributed by atoms with E-state index in [0.29, 0.717) is 17.8 Å². The molecule has 0 atom stereocenters. The molecule has 2 heterocycles. The Hall–Kier alpha value is -3.25. The zero-order chi connectivity index (χ0) is 20.2. The second-order valence-corrected chi connectivity index (χ2v) is 7.62. The third-order valence-corrected chi connectivity index (χ3v) is 5.11. The van der Waals surface area contributed by atoms with Crippen molar-refractivity contribution in [3.05, 3.63) is 101 Å². The predicted octanol–water partition coefficient (Wildman–Crippen LogP) is 4.97. The standard InChI is InChI=1S/C23H19BrN4O/c1-27(15-17-9-11-19(24)12-10-17)23(29)21-16-28(20-7-3-2-4-8-20)26-22(21)18-6-5-13-25-14-18/h2-14,16H,15H2,1H3. The number of para-hydroxylation sites is 1. The van der Waals surface area contributed by atoms with E-state index in [4.69, 9.17) is 5.10 Å². The molecular formula is C23H19BrN4O. The van der Waals surface area contributed by atoms with Crippen LogP contribution in [0, 0.1) is 0 Å². The number of hydrogen-bond donors (Lipinski definition) is 0. The van der Waals surface area contributed by atoms with Crippen LogP contribution in [0.5, 0.6) is 0 Å². The predicted molar refractivity (Wildman–Crippen MR) is 117 cm³/mol. The highest BCUT2D eigenvalue weighted by molar-refractivity contribution is 9.10. The number of benzene rings is 2. The van der Waals surface area contributed by atoms with Gasteiger partial charge < -0.3 is 4.90 Å². The quantitative estimate of drug-likeness (QED) is 0.434. The molecule has 5 nitrogen and oxygen atoms in total. The Morgan fingerprint density at radius 3 is 2.48 bits per heavy atom. The van der Waals surface area contributed by atoms with Crippen molar-refractivity contribution in [2.45, 2.75) is 6.54 Å². The van der Waals surface area contributed by atoms with Crippen LogP contribution in [0.25, 0.3) is 16.9 Å². The number of rotatable bonds is 5. The summed E-state index contributed by atoms with van der Waals surface area (Å²) in [6.45, 7) is 0.509. The van der Waals surface area contributed by atoms with E-state index in [2.05, 4.69) is 20.9 Å². The molecule has 0 saturated carbocycles. The van der Waals surface area contributed by atoms with Crippen LogP contribution in [-0.4, -0.2) is 32.6 Å². The molecule has 144 valence electrons. The fraction of sp³-hybridized carbons (Fsp3) is 0.0870. The molecule has 2 aromatic heterocycles. The molecule has 0 unspecified atom stereocenters. The maximum atomic E-state index is 13.3. The SMILES string of the molecule is CN(Cc1ccc(Br)cc1)C(=O)c1cn(-c2ccccc2)nc1-c1cccnc1. The lowest BCUT2D eigenvalue weighted by atomic mass is 10.1. The molecule has 0 fully saturated rings. The number of hydrogen-bond acceptors (Lipinski definition) is 3. The lowest BCUT2D eigenvalue weighted by Gasteiger charge is -2.17. The highest BCUT2D eigenvalue weighted by atomic mass is 79.9. The number of pyridine rings is 1. The molecule has 0 aliphatic rings. The molecule has 4 rings (SSSR count). The maximum absolute atomic E-state index is 13.3. The van der Waals surface area contributed by atoms with Crippen molar-refractivity contribution in [1.29, 1.82) is 0 Å². The van der Waals surface area contributed by atoms with Crippen LogP contribution in [0.1, 0.15) is 15.9 Å². The van der Waals surface area contributed by atoms with Gasteiger partial charge in [0.15, 0.2) is 0 Å². The first-order valence-corrected chi connectivity index (χ1v) is 9.96. The molecule has 0 radical (unpaired) electrons. The average Bonchev–Trinajstić information content (AvgIpc) is 3.21. The lowest BCUT2D eigenvalue weighted by Crippen LogP contribution is -2.26. The topological polar surface area (TPSA) is 51.0 Å². The van der Waals surface area contributed by atoms with Gasteiger partial charge in [-0.1, -0.05) is 46.3 Å². The summed E-state index contributed by atoms with van der Waals surface area (Å²) in [4.78, 5) is 19.2. The number of carbonyl (C=O) groups excluding carboxylic acids is 1. The van der Waals surface area contributed by atoms with Gasteiger partial charge in [-0.2, -0.15) is 5.10 Å². The molecule has 2 aromatic carbocycles. The minimum Gasteiger partial charge on any atom is -0.337 e. The van der Waals surface area contributed by atoms with Crippen molar-refractivity contribution in [3.63, 3.8) is 0 Å². The van der Waals surface area contributed by atoms with Gasteiger partial charge in [0.05, 0.1) is 11.3 Å². The molecule has 4 aromatic rings. The van der Waals surface area contributed by atoms with Gasteiger partial charge in [-0.25, -0.2) is 4.68 Å². The minimum absolute atomic E-state index is 0.0889. The Morgan fingerprint density at radius 1 is 1.03 bits per heavy atom. The van der Waals surface area contributed by atoms with E-state index in [1.807, 2.05) is 66.7 Å². The lowest BCUT2D eigenvalue weighted by molar-refractivity contribution is 0.0786. The van der Waals surface area contributed by atoms with Gasteiger partial charge in [-0.3, -0.25) is 9.78 Å². The highest BCUT2D eigenvalue weighted by Crippen LogP contribution is 2.24. The number of aromatic nitrogens is 3. The van der Waals surface area contributed by atoms with Crippen LogP contribution >= 0.6 is 15.9 Å². The van der Waals surface area contributed by atoms with Crippen molar-refractivity contribution in [2.75, 3.05) is 7.05 Å². The third-order valence-electron chi connectivity index (χ3n) is 4.58.